The number of hydrogen-bond donors (Lipinski definition) is 2. The van der Waals surface area contributed by atoms with Crippen LogP contribution in [0.3, 0.4) is 0 Å². The molecule has 1 aromatic heterocycles. The molecule has 0 atom stereocenters. The van der Waals surface area contributed by atoms with E-state index in [-0.39, 0.29) is 18.2 Å². The van der Waals surface area contributed by atoms with Crippen LogP contribution in [0.1, 0.15) is 37.5 Å². The first-order chi connectivity index (χ1) is 14.8. The molecule has 2 amide bonds. The molecule has 2 N–H and O–H groups in total. The second kappa shape index (κ2) is 10.7. The van der Waals surface area contributed by atoms with Crippen molar-refractivity contribution in [2.24, 2.45) is 0 Å². The molecule has 2 heterocycles. The maximum atomic E-state index is 12.8. The minimum atomic E-state index is -0.802. The normalized spacial score (nSPS) is 15.0. The van der Waals surface area contributed by atoms with E-state index in [0.29, 0.717) is 22.2 Å². The molecule has 162 valence electrons. The van der Waals surface area contributed by atoms with E-state index in [4.69, 9.17) is 17.3 Å². The molecule has 1 fully saturated rings. The summed E-state index contributed by atoms with van der Waals surface area (Å²) in [5, 5.41) is 13.5. The molecule has 9 heteroatoms. The Morgan fingerprint density at radius 3 is 2.74 bits per heavy atom. The molecule has 0 aliphatic carbocycles. The third kappa shape index (κ3) is 6.25. The molecule has 6 nitrogen and oxygen atoms in total. The number of unbranched alkanes of at least 4 members (excludes halogenated alkanes) is 2. The standard InChI is InChI=1S/C22H22N2O4S3/c1-14(25)23-18-8-5-4-7-17(18)15-11-16(30-13-15)12-19-21(28)24(22(29)31-19)10-6-2-3-9-20(26)27/h4-5,7-8,11-13H,2-3,6,9-10H2,1H3,(H,23,25)(H,26,27). The number of nitrogens with zero attached hydrogens (tertiary/aromatic N) is 1. The van der Waals surface area contributed by atoms with Gasteiger partial charge in [0.05, 0.1) is 4.91 Å². The lowest BCUT2D eigenvalue weighted by Gasteiger charge is -2.13. The van der Waals surface area contributed by atoms with Gasteiger partial charge in [-0.1, -0.05) is 48.6 Å². The van der Waals surface area contributed by atoms with Gasteiger partial charge in [-0.2, -0.15) is 0 Å². The first kappa shape index (κ1) is 23.2. The summed E-state index contributed by atoms with van der Waals surface area (Å²) in [6.45, 7) is 1.98. The molecule has 1 aromatic carbocycles. The number of carbonyl (C=O) groups excluding carboxylic acids is 2. The van der Waals surface area contributed by atoms with Crippen molar-refractivity contribution in [1.82, 2.24) is 4.90 Å². The van der Waals surface area contributed by atoms with Crippen LogP contribution in [0.25, 0.3) is 17.2 Å². The van der Waals surface area contributed by atoms with Crippen molar-refractivity contribution in [2.45, 2.75) is 32.6 Å². The van der Waals surface area contributed by atoms with E-state index in [1.54, 1.807) is 4.90 Å². The van der Waals surface area contributed by atoms with Gasteiger partial charge in [0.15, 0.2) is 0 Å². The Bertz CT molecular complexity index is 1040. The zero-order valence-corrected chi connectivity index (χ0v) is 19.4. The van der Waals surface area contributed by atoms with Crippen molar-refractivity contribution < 1.29 is 19.5 Å². The van der Waals surface area contributed by atoms with Gasteiger partial charge >= 0.3 is 5.97 Å². The highest BCUT2D eigenvalue weighted by atomic mass is 32.2. The summed E-state index contributed by atoms with van der Waals surface area (Å²) in [5.74, 6) is -1.04. The van der Waals surface area contributed by atoms with Gasteiger partial charge in [-0.3, -0.25) is 19.3 Å². The molecule has 3 rings (SSSR count). The third-order valence-corrected chi connectivity index (χ3v) is 6.85. The van der Waals surface area contributed by atoms with Crippen LogP contribution in [0.5, 0.6) is 0 Å². The first-order valence-electron chi connectivity index (χ1n) is 9.78. The lowest BCUT2D eigenvalue weighted by atomic mass is 10.1. The van der Waals surface area contributed by atoms with Crippen LogP contribution in [0, 0.1) is 0 Å². The number of thioether (sulfide) groups is 1. The Labute approximate surface area is 194 Å². The molecule has 2 aromatic rings. The number of aliphatic carboxylic acids is 1. The van der Waals surface area contributed by atoms with Gasteiger partial charge in [-0.15, -0.1) is 11.3 Å². The van der Waals surface area contributed by atoms with Crippen LogP contribution in [-0.2, 0) is 14.4 Å². The van der Waals surface area contributed by atoms with Crippen molar-refractivity contribution in [3.05, 3.63) is 45.5 Å². The minimum absolute atomic E-state index is 0.109. The van der Waals surface area contributed by atoms with Crippen molar-refractivity contribution >= 4 is 69.2 Å². The number of nitrogens with one attached hydrogen (secondary N) is 1. The molecule has 0 spiro atoms. The van der Waals surface area contributed by atoms with Gasteiger partial charge in [0.2, 0.25) is 5.91 Å². The maximum absolute atomic E-state index is 12.8. The summed E-state index contributed by atoms with van der Waals surface area (Å²) in [4.78, 5) is 37.9. The van der Waals surface area contributed by atoms with Crippen LogP contribution >= 0.6 is 35.3 Å². The Morgan fingerprint density at radius 1 is 1.23 bits per heavy atom. The van der Waals surface area contributed by atoms with E-state index in [1.165, 1.54) is 30.0 Å². The SMILES string of the molecule is CC(=O)Nc1ccccc1-c1csc(C=C2SC(=S)N(CCCCCC(=O)O)C2=O)c1. The summed E-state index contributed by atoms with van der Waals surface area (Å²) in [7, 11) is 0. The number of carboxylic acid groups (broad SMARTS) is 1. The largest absolute Gasteiger partial charge is 0.481 e. The lowest BCUT2D eigenvalue weighted by molar-refractivity contribution is -0.137. The highest BCUT2D eigenvalue weighted by Crippen LogP contribution is 2.36. The molecule has 1 aliphatic rings. The van der Waals surface area contributed by atoms with E-state index in [1.807, 2.05) is 41.8 Å². The number of benzene rings is 1. The van der Waals surface area contributed by atoms with E-state index in [0.717, 1.165) is 34.5 Å². The quantitative estimate of drug-likeness (QED) is 0.294. The maximum Gasteiger partial charge on any atom is 0.303 e. The van der Waals surface area contributed by atoms with Gasteiger partial charge in [-0.05, 0) is 42.0 Å². The van der Waals surface area contributed by atoms with E-state index < -0.39 is 5.97 Å². The highest BCUT2D eigenvalue weighted by Gasteiger charge is 2.31. The van der Waals surface area contributed by atoms with Crippen LogP contribution in [0.4, 0.5) is 5.69 Å². The highest BCUT2D eigenvalue weighted by molar-refractivity contribution is 8.26. The number of amides is 2. The fourth-order valence-electron chi connectivity index (χ4n) is 3.15. The first-order valence-corrected chi connectivity index (χ1v) is 11.9. The second-order valence-electron chi connectivity index (χ2n) is 7.00. The number of hydrogen-bond acceptors (Lipinski definition) is 6. The van der Waals surface area contributed by atoms with Gasteiger partial charge in [-0.25, -0.2) is 0 Å². The Kier molecular flexibility index (Phi) is 8.00. The molecule has 0 saturated carbocycles. The summed E-state index contributed by atoms with van der Waals surface area (Å²) in [6, 6.07) is 9.58. The van der Waals surface area contributed by atoms with Crippen LogP contribution < -0.4 is 5.32 Å². The molecule has 0 bridgehead atoms. The van der Waals surface area contributed by atoms with Crippen molar-refractivity contribution in [2.75, 3.05) is 11.9 Å². The van der Waals surface area contributed by atoms with E-state index in [2.05, 4.69) is 5.32 Å². The number of anilines is 1. The van der Waals surface area contributed by atoms with Crippen molar-refractivity contribution in [3.8, 4) is 11.1 Å². The lowest BCUT2D eigenvalue weighted by Crippen LogP contribution is -2.29. The van der Waals surface area contributed by atoms with Crippen molar-refractivity contribution in [3.63, 3.8) is 0 Å². The monoisotopic (exact) mass is 474 g/mol. The molecule has 1 aliphatic heterocycles. The Morgan fingerprint density at radius 2 is 2.00 bits per heavy atom. The smallest absolute Gasteiger partial charge is 0.303 e. The third-order valence-electron chi connectivity index (χ3n) is 4.59. The van der Waals surface area contributed by atoms with Crippen LogP contribution in [0.2, 0.25) is 0 Å². The minimum Gasteiger partial charge on any atom is -0.481 e. The number of carboxylic acids is 1. The second-order valence-corrected chi connectivity index (χ2v) is 9.62. The number of para-hydroxylation sites is 1. The molecular formula is C22H22N2O4S3. The fraction of sp³-hybridized carbons (Fsp3) is 0.273. The number of thiophene rings is 1. The number of thiocarbonyl (C=S) groups is 1. The molecular weight excluding hydrogens is 452 g/mol. The zero-order chi connectivity index (χ0) is 22.4. The molecule has 31 heavy (non-hydrogen) atoms. The summed E-state index contributed by atoms with van der Waals surface area (Å²) < 4.78 is 0.530. The van der Waals surface area contributed by atoms with Crippen LogP contribution in [0.15, 0.2) is 40.6 Å². The fourth-order valence-corrected chi connectivity index (χ4v) is 5.36. The van der Waals surface area contributed by atoms with E-state index >= 15 is 0 Å². The predicted octanol–water partition coefficient (Wildman–Crippen LogP) is 5.22. The van der Waals surface area contributed by atoms with Gasteiger partial charge in [0, 0.05) is 36.0 Å². The average Bonchev–Trinajstić information content (AvgIpc) is 3.27. The van der Waals surface area contributed by atoms with Crippen molar-refractivity contribution in [1.29, 1.82) is 0 Å². The summed E-state index contributed by atoms with van der Waals surface area (Å²) >= 11 is 8.17. The number of rotatable bonds is 9. The Balaban J connectivity index is 1.68. The average molecular weight is 475 g/mol. The van der Waals surface area contributed by atoms with E-state index in [9.17, 15) is 14.4 Å². The van der Waals surface area contributed by atoms with Gasteiger partial charge in [0.1, 0.15) is 4.32 Å². The zero-order valence-electron chi connectivity index (χ0n) is 16.9. The molecule has 0 unspecified atom stereocenters. The Hall–Kier alpha value is -2.49. The summed E-state index contributed by atoms with van der Waals surface area (Å²) in [5.41, 5.74) is 2.63. The topological polar surface area (TPSA) is 86.7 Å². The molecule has 1 saturated heterocycles. The predicted molar refractivity (Wildman–Crippen MR) is 130 cm³/mol. The molecule has 0 radical (unpaired) electrons. The van der Waals surface area contributed by atoms with Crippen LogP contribution in [-0.4, -0.2) is 38.7 Å². The summed E-state index contributed by atoms with van der Waals surface area (Å²) in [6.07, 6.45) is 4.04. The van der Waals surface area contributed by atoms with Gasteiger partial charge in [0.25, 0.3) is 5.91 Å². The van der Waals surface area contributed by atoms with Gasteiger partial charge < -0.3 is 10.4 Å². The number of carbonyl (C=O) groups is 3.